The monoisotopic (exact) mass is 523 g/mol. The van der Waals surface area contributed by atoms with Gasteiger partial charge in [-0.2, -0.15) is 8.78 Å². The molecule has 0 radical (unpaired) electrons. The van der Waals surface area contributed by atoms with Crippen molar-refractivity contribution < 1.29 is 23.1 Å². The second-order valence-electron chi connectivity index (χ2n) is 10.0. The molecule has 0 bridgehead atoms. The van der Waals surface area contributed by atoms with E-state index in [-0.39, 0.29) is 23.7 Å². The Morgan fingerprint density at radius 3 is 2.03 bits per heavy atom. The molecule has 200 valence electrons. The number of hydrogen-bond acceptors (Lipinski definition) is 4. The normalized spacial score (nSPS) is 13.8. The maximum absolute atomic E-state index is 14.0. The topological polar surface area (TPSA) is 87.7 Å². The smallest absolute Gasteiger partial charge is 0.298 e. The lowest BCUT2D eigenvalue weighted by Crippen LogP contribution is -2.27. The van der Waals surface area contributed by atoms with Crippen LogP contribution in [0.4, 0.5) is 18.9 Å². The van der Waals surface area contributed by atoms with Gasteiger partial charge in [0, 0.05) is 28.6 Å². The molecule has 0 spiro atoms. The molecule has 0 aliphatic rings. The van der Waals surface area contributed by atoms with Crippen LogP contribution in [0.1, 0.15) is 49.9 Å². The summed E-state index contributed by atoms with van der Waals surface area (Å²) in [5.74, 6) is -4.03. The van der Waals surface area contributed by atoms with Gasteiger partial charge in [0.15, 0.2) is 0 Å². The summed E-state index contributed by atoms with van der Waals surface area (Å²) in [7, 11) is 0. The highest BCUT2D eigenvalue weighted by Crippen LogP contribution is 2.32. The Bertz CT molecular complexity index is 1310. The molecule has 3 aromatic rings. The fraction of sp³-hybridized carbons (Fsp3) is 0.267. The molecule has 0 aliphatic carbocycles. The number of aliphatic hydroxyl groups is 1. The number of alkyl halides is 2. The van der Waals surface area contributed by atoms with Gasteiger partial charge in [-0.1, -0.05) is 36.4 Å². The average molecular weight is 524 g/mol. The van der Waals surface area contributed by atoms with Gasteiger partial charge >= 0.3 is 0 Å². The first-order valence-corrected chi connectivity index (χ1v) is 12.1. The molecule has 0 aliphatic heterocycles. The van der Waals surface area contributed by atoms with Crippen LogP contribution in [0, 0.1) is 5.82 Å². The molecular weight excluding hydrogens is 491 g/mol. The second kappa shape index (κ2) is 11.6. The largest absolute Gasteiger partial charge is 0.404 e. The number of amides is 1. The number of allylic oxidation sites excluding steroid dienone is 1. The van der Waals surface area contributed by atoms with Gasteiger partial charge in [-0.05, 0) is 75.2 Å². The number of carbonyl (C=O) groups excluding carboxylic acids is 1. The minimum atomic E-state index is -3.37. The van der Waals surface area contributed by atoms with E-state index in [2.05, 4.69) is 5.32 Å². The zero-order valence-corrected chi connectivity index (χ0v) is 21.8. The van der Waals surface area contributed by atoms with Crippen LogP contribution < -0.4 is 11.1 Å². The highest BCUT2D eigenvalue weighted by molar-refractivity contribution is 6.31. The van der Waals surface area contributed by atoms with E-state index < -0.39 is 17.6 Å². The molecule has 1 unspecified atom stereocenters. The van der Waals surface area contributed by atoms with Crippen LogP contribution in [0.5, 0.6) is 0 Å². The number of aliphatic imine (C=N–C) groups is 1. The van der Waals surface area contributed by atoms with Crippen molar-refractivity contribution in [3.8, 4) is 0 Å². The average Bonchev–Trinajstić information content (AvgIpc) is 2.85. The Balaban J connectivity index is 1.75. The van der Waals surface area contributed by atoms with Gasteiger partial charge in [-0.3, -0.25) is 9.79 Å². The maximum atomic E-state index is 14.0. The SMILES string of the molecule is CC(O)C(F)(F)c1ccc(CC(=O)Nc2ccc(C(=CN)C(=NC(C)(C)C)c3ccc(F)cc3)cc2)cc1. The summed E-state index contributed by atoms with van der Waals surface area (Å²) >= 11 is 0. The number of nitrogens with zero attached hydrogens (tertiary/aromatic N) is 1. The summed E-state index contributed by atoms with van der Waals surface area (Å²) in [4.78, 5) is 17.4. The summed E-state index contributed by atoms with van der Waals surface area (Å²) in [6.07, 6.45) is -0.379. The third-order valence-electron chi connectivity index (χ3n) is 5.69. The first kappa shape index (κ1) is 28.7. The zero-order valence-electron chi connectivity index (χ0n) is 21.8. The van der Waals surface area contributed by atoms with Gasteiger partial charge in [0.25, 0.3) is 5.92 Å². The molecule has 8 heteroatoms. The number of aliphatic hydroxyl groups excluding tert-OH is 1. The van der Waals surface area contributed by atoms with E-state index >= 15 is 0 Å². The predicted molar refractivity (Wildman–Crippen MR) is 146 cm³/mol. The third kappa shape index (κ3) is 7.32. The van der Waals surface area contributed by atoms with Crippen molar-refractivity contribution in [2.45, 2.75) is 51.7 Å². The van der Waals surface area contributed by atoms with Gasteiger partial charge in [0.1, 0.15) is 11.9 Å². The lowest BCUT2D eigenvalue weighted by Gasteiger charge is -2.19. The molecule has 1 atom stereocenters. The van der Waals surface area contributed by atoms with Crippen molar-refractivity contribution in [2.75, 3.05) is 5.32 Å². The Morgan fingerprint density at radius 2 is 1.53 bits per heavy atom. The standard InChI is InChI=1S/C30H32F3N3O2/c1-19(37)30(32,33)23-11-5-20(6-12-23)17-27(38)35-25-15-9-21(10-16-25)26(18-34)28(36-29(2,3)4)22-7-13-24(31)14-8-22/h5-16,18-19,37H,17,34H2,1-4H3,(H,35,38). The van der Waals surface area contributed by atoms with Crippen molar-refractivity contribution in [1.29, 1.82) is 0 Å². The molecule has 3 aromatic carbocycles. The zero-order chi connectivity index (χ0) is 28.1. The molecule has 3 rings (SSSR count). The Hall–Kier alpha value is -3.91. The van der Waals surface area contributed by atoms with E-state index in [1.807, 2.05) is 20.8 Å². The number of benzene rings is 3. The van der Waals surface area contributed by atoms with Crippen LogP contribution in [0.15, 0.2) is 84.0 Å². The van der Waals surface area contributed by atoms with E-state index in [0.717, 1.165) is 12.5 Å². The van der Waals surface area contributed by atoms with E-state index in [4.69, 9.17) is 10.7 Å². The fourth-order valence-electron chi connectivity index (χ4n) is 3.75. The van der Waals surface area contributed by atoms with Gasteiger partial charge in [-0.15, -0.1) is 0 Å². The molecule has 38 heavy (non-hydrogen) atoms. The molecule has 5 nitrogen and oxygen atoms in total. The molecule has 4 N–H and O–H groups in total. The lowest BCUT2D eigenvalue weighted by molar-refractivity contribution is -0.115. The molecule has 0 fully saturated rings. The number of anilines is 1. The van der Waals surface area contributed by atoms with E-state index in [1.54, 1.807) is 36.4 Å². The minimum Gasteiger partial charge on any atom is -0.404 e. The van der Waals surface area contributed by atoms with Crippen molar-refractivity contribution in [1.82, 2.24) is 0 Å². The summed E-state index contributed by atoms with van der Waals surface area (Å²) in [5.41, 5.74) is 9.11. The second-order valence-corrected chi connectivity index (χ2v) is 10.0. The summed E-state index contributed by atoms with van der Waals surface area (Å²) in [6.45, 7) is 6.89. The van der Waals surface area contributed by atoms with Gasteiger partial charge < -0.3 is 16.2 Å². The molecule has 0 saturated carbocycles. The van der Waals surface area contributed by atoms with E-state index in [0.29, 0.717) is 28.1 Å². The Labute approximate surface area is 220 Å². The number of nitrogens with two attached hydrogens (primary N) is 1. The summed E-state index contributed by atoms with van der Waals surface area (Å²) in [6, 6.07) is 18.4. The number of rotatable bonds is 8. The molecule has 0 saturated heterocycles. The van der Waals surface area contributed by atoms with Crippen LogP contribution in [0.3, 0.4) is 0 Å². The molecule has 0 aromatic heterocycles. The minimum absolute atomic E-state index is 0.0107. The van der Waals surface area contributed by atoms with E-state index in [1.165, 1.54) is 42.6 Å². The van der Waals surface area contributed by atoms with Crippen LogP contribution in [0.25, 0.3) is 5.57 Å². The van der Waals surface area contributed by atoms with Gasteiger partial charge in [0.05, 0.1) is 17.7 Å². The highest BCUT2D eigenvalue weighted by Gasteiger charge is 2.37. The molecule has 0 heterocycles. The van der Waals surface area contributed by atoms with Gasteiger partial charge in [0.2, 0.25) is 5.91 Å². The third-order valence-corrected chi connectivity index (χ3v) is 5.69. The fourth-order valence-corrected chi connectivity index (χ4v) is 3.75. The Morgan fingerprint density at radius 1 is 0.974 bits per heavy atom. The summed E-state index contributed by atoms with van der Waals surface area (Å²) < 4.78 is 41.4. The number of nitrogens with one attached hydrogen (secondary N) is 1. The van der Waals surface area contributed by atoms with Crippen LogP contribution in [-0.2, 0) is 17.1 Å². The van der Waals surface area contributed by atoms with Crippen LogP contribution >= 0.6 is 0 Å². The number of halogens is 3. The first-order valence-electron chi connectivity index (χ1n) is 12.1. The van der Waals surface area contributed by atoms with Crippen molar-refractivity contribution in [2.24, 2.45) is 10.7 Å². The molecule has 1 amide bonds. The highest BCUT2D eigenvalue weighted by atomic mass is 19.3. The van der Waals surface area contributed by atoms with Crippen molar-refractivity contribution >= 4 is 22.9 Å². The van der Waals surface area contributed by atoms with Crippen LogP contribution in [0.2, 0.25) is 0 Å². The first-order chi connectivity index (χ1) is 17.8. The summed E-state index contributed by atoms with van der Waals surface area (Å²) in [5, 5.41) is 12.1. The van der Waals surface area contributed by atoms with Crippen LogP contribution in [-0.4, -0.2) is 28.4 Å². The quantitative estimate of drug-likeness (QED) is 0.313. The number of hydrogen-bond donors (Lipinski definition) is 3. The maximum Gasteiger partial charge on any atom is 0.298 e. The molecular formula is C30H32F3N3O2. The van der Waals surface area contributed by atoms with E-state index in [9.17, 15) is 23.1 Å². The predicted octanol–water partition coefficient (Wildman–Crippen LogP) is 6.07. The van der Waals surface area contributed by atoms with Crippen molar-refractivity contribution in [3.05, 3.63) is 107 Å². The van der Waals surface area contributed by atoms with Gasteiger partial charge in [-0.25, -0.2) is 4.39 Å². The number of carbonyl (C=O) groups is 1. The van der Waals surface area contributed by atoms with Crippen molar-refractivity contribution in [3.63, 3.8) is 0 Å². The Kier molecular flexibility index (Phi) is 8.78. The lowest BCUT2D eigenvalue weighted by atomic mass is 9.95.